The topological polar surface area (TPSA) is 55.0 Å². The van der Waals surface area contributed by atoms with Crippen LogP contribution in [0.1, 0.15) is 26.2 Å². The van der Waals surface area contributed by atoms with Gasteiger partial charge in [-0.1, -0.05) is 0 Å². The van der Waals surface area contributed by atoms with Crippen molar-refractivity contribution < 1.29 is 0 Å². The minimum Gasteiger partial charge on any atom is -0.384 e. The van der Waals surface area contributed by atoms with Crippen molar-refractivity contribution in [3.63, 3.8) is 0 Å². The Morgan fingerprint density at radius 2 is 2.29 bits per heavy atom. The fourth-order valence-corrected chi connectivity index (χ4v) is 1.96. The van der Waals surface area contributed by atoms with E-state index >= 15 is 0 Å². The normalized spacial score (nSPS) is 22.4. The van der Waals surface area contributed by atoms with Crippen molar-refractivity contribution in [2.75, 3.05) is 17.2 Å². The van der Waals surface area contributed by atoms with Gasteiger partial charge in [0, 0.05) is 18.7 Å². The van der Waals surface area contributed by atoms with Gasteiger partial charge in [0.1, 0.15) is 18.0 Å². The zero-order chi connectivity index (χ0) is 9.97. The van der Waals surface area contributed by atoms with E-state index in [-0.39, 0.29) is 0 Å². The van der Waals surface area contributed by atoms with Gasteiger partial charge in [0.05, 0.1) is 0 Å². The summed E-state index contributed by atoms with van der Waals surface area (Å²) < 4.78 is 0. The Labute approximate surface area is 84.2 Å². The monoisotopic (exact) mass is 192 g/mol. The lowest BCUT2D eigenvalue weighted by molar-refractivity contribution is 0.481. The van der Waals surface area contributed by atoms with Crippen molar-refractivity contribution in [2.45, 2.75) is 32.2 Å². The van der Waals surface area contributed by atoms with Crippen LogP contribution in [0, 0.1) is 0 Å². The minimum atomic E-state index is 0.549. The number of nitrogen functional groups attached to an aromatic ring is 1. The van der Waals surface area contributed by atoms with Crippen molar-refractivity contribution in [3.05, 3.63) is 12.4 Å². The molecule has 1 fully saturated rings. The fraction of sp³-hybridized carbons (Fsp3) is 0.600. The standard InChI is InChI=1S/C10H16N4/c1-8-4-2-3-5-14(8)10-6-9(11)12-7-13-10/h6-8H,2-5H2,1H3,(H2,11,12,13). The van der Waals surface area contributed by atoms with E-state index in [9.17, 15) is 0 Å². The molecule has 4 heteroatoms. The van der Waals surface area contributed by atoms with Gasteiger partial charge in [-0.25, -0.2) is 9.97 Å². The number of anilines is 2. The zero-order valence-corrected chi connectivity index (χ0v) is 8.48. The third-order valence-electron chi connectivity index (χ3n) is 2.77. The summed E-state index contributed by atoms with van der Waals surface area (Å²) in [5.41, 5.74) is 5.63. The number of piperidine rings is 1. The lowest BCUT2D eigenvalue weighted by Gasteiger charge is -2.34. The highest BCUT2D eigenvalue weighted by atomic mass is 15.2. The van der Waals surface area contributed by atoms with Crippen LogP contribution in [-0.2, 0) is 0 Å². The van der Waals surface area contributed by atoms with Gasteiger partial charge in [-0.2, -0.15) is 0 Å². The molecule has 2 rings (SSSR count). The van der Waals surface area contributed by atoms with Gasteiger partial charge in [-0.3, -0.25) is 0 Å². The van der Waals surface area contributed by atoms with Crippen LogP contribution in [0.2, 0.25) is 0 Å². The molecule has 0 amide bonds. The molecule has 2 N–H and O–H groups in total. The number of aromatic nitrogens is 2. The second-order valence-electron chi connectivity index (χ2n) is 3.84. The molecule has 1 saturated heterocycles. The lowest BCUT2D eigenvalue weighted by Crippen LogP contribution is -2.38. The molecule has 0 bridgehead atoms. The molecule has 1 aromatic rings. The molecule has 0 aromatic carbocycles. The highest BCUT2D eigenvalue weighted by Crippen LogP contribution is 2.22. The van der Waals surface area contributed by atoms with Crippen LogP contribution in [0.15, 0.2) is 12.4 Å². The number of nitrogens with zero attached hydrogens (tertiary/aromatic N) is 3. The van der Waals surface area contributed by atoms with Crippen molar-refractivity contribution in [1.29, 1.82) is 0 Å². The molecule has 0 aliphatic carbocycles. The van der Waals surface area contributed by atoms with Crippen LogP contribution in [-0.4, -0.2) is 22.6 Å². The summed E-state index contributed by atoms with van der Waals surface area (Å²) in [6.45, 7) is 3.31. The zero-order valence-electron chi connectivity index (χ0n) is 8.48. The predicted octanol–water partition coefficient (Wildman–Crippen LogP) is 1.44. The first-order chi connectivity index (χ1) is 6.77. The second-order valence-corrected chi connectivity index (χ2v) is 3.84. The first-order valence-electron chi connectivity index (χ1n) is 5.11. The Bertz CT molecular complexity index is 313. The van der Waals surface area contributed by atoms with Gasteiger partial charge in [0.15, 0.2) is 0 Å². The van der Waals surface area contributed by atoms with Crippen molar-refractivity contribution in [2.24, 2.45) is 0 Å². The highest BCUT2D eigenvalue weighted by Gasteiger charge is 2.19. The average molecular weight is 192 g/mol. The molecule has 14 heavy (non-hydrogen) atoms. The van der Waals surface area contributed by atoms with E-state index < -0.39 is 0 Å². The quantitative estimate of drug-likeness (QED) is 0.731. The lowest BCUT2D eigenvalue weighted by atomic mass is 10.0. The van der Waals surface area contributed by atoms with Crippen LogP contribution in [0.5, 0.6) is 0 Å². The van der Waals surface area contributed by atoms with E-state index in [4.69, 9.17) is 5.73 Å². The first kappa shape index (κ1) is 9.24. The van der Waals surface area contributed by atoms with Gasteiger partial charge < -0.3 is 10.6 Å². The maximum atomic E-state index is 5.63. The summed E-state index contributed by atoms with van der Waals surface area (Å²) in [6.07, 6.45) is 5.34. The van der Waals surface area contributed by atoms with E-state index in [1.54, 1.807) is 0 Å². The number of nitrogens with two attached hydrogens (primary N) is 1. The summed E-state index contributed by atoms with van der Waals surface area (Å²) in [5.74, 6) is 1.51. The van der Waals surface area contributed by atoms with E-state index in [1.165, 1.54) is 25.6 Å². The Morgan fingerprint density at radius 1 is 1.43 bits per heavy atom. The van der Waals surface area contributed by atoms with Crippen molar-refractivity contribution >= 4 is 11.6 Å². The maximum absolute atomic E-state index is 5.63. The fourth-order valence-electron chi connectivity index (χ4n) is 1.96. The minimum absolute atomic E-state index is 0.549. The van der Waals surface area contributed by atoms with E-state index in [1.807, 2.05) is 6.07 Å². The van der Waals surface area contributed by atoms with E-state index in [0.29, 0.717) is 11.9 Å². The van der Waals surface area contributed by atoms with Gasteiger partial charge >= 0.3 is 0 Å². The third-order valence-corrected chi connectivity index (χ3v) is 2.77. The van der Waals surface area contributed by atoms with Crippen LogP contribution in [0.4, 0.5) is 11.6 Å². The van der Waals surface area contributed by atoms with Crippen LogP contribution in [0.3, 0.4) is 0 Å². The summed E-state index contributed by atoms with van der Waals surface area (Å²) in [6, 6.07) is 2.42. The smallest absolute Gasteiger partial charge is 0.134 e. The number of hydrogen-bond acceptors (Lipinski definition) is 4. The van der Waals surface area contributed by atoms with Gasteiger partial charge in [-0.15, -0.1) is 0 Å². The first-order valence-corrected chi connectivity index (χ1v) is 5.11. The summed E-state index contributed by atoms with van der Waals surface area (Å²) in [5, 5.41) is 0. The molecule has 1 unspecified atom stereocenters. The Kier molecular flexibility index (Phi) is 2.52. The van der Waals surface area contributed by atoms with E-state index in [2.05, 4.69) is 21.8 Å². The molecular weight excluding hydrogens is 176 g/mol. The molecule has 2 heterocycles. The largest absolute Gasteiger partial charge is 0.384 e. The van der Waals surface area contributed by atoms with Crippen molar-refractivity contribution in [1.82, 2.24) is 9.97 Å². The number of hydrogen-bond donors (Lipinski definition) is 1. The van der Waals surface area contributed by atoms with Crippen molar-refractivity contribution in [3.8, 4) is 0 Å². The number of rotatable bonds is 1. The molecule has 1 aliphatic rings. The SMILES string of the molecule is CC1CCCCN1c1cc(N)ncn1. The summed E-state index contributed by atoms with van der Waals surface area (Å²) >= 11 is 0. The molecule has 0 saturated carbocycles. The van der Waals surface area contributed by atoms with Gasteiger partial charge in [0.2, 0.25) is 0 Å². The molecule has 76 valence electrons. The average Bonchev–Trinajstić information content (AvgIpc) is 2.18. The summed E-state index contributed by atoms with van der Waals surface area (Å²) in [4.78, 5) is 10.5. The Morgan fingerprint density at radius 3 is 3.00 bits per heavy atom. The molecule has 4 nitrogen and oxygen atoms in total. The Hall–Kier alpha value is -1.32. The molecular formula is C10H16N4. The molecule has 1 aromatic heterocycles. The molecule has 0 radical (unpaired) electrons. The van der Waals surface area contributed by atoms with Crippen LogP contribution < -0.4 is 10.6 Å². The Balaban J connectivity index is 2.20. The summed E-state index contributed by atoms with van der Waals surface area (Å²) in [7, 11) is 0. The highest BCUT2D eigenvalue weighted by molar-refractivity contribution is 5.46. The molecule has 1 aliphatic heterocycles. The van der Waals surface area contributed by atoms with Gasteiger partial charge in [-0.05, 0) is 26.2 Å². The predicted molar refractivity (Wildman–Crippen MR) is 57.1 cm³/mol. The maximum Gasteiger partial charge on any atom is 0.134 e. The van der Waals surface area contributed by atoms with Crippen LogP contribution >= 0.6 is 0 Å². The van der Waals surface area contributed by atoms with Gasteiger partial charge in [0.25, 0.3) is 0 Å². The van der Waals surface area contributed by atoms with Crippen LogP contribution in [0.25, 0.3) is 0 Å². The molecule has 0 spiro atoms. The second kappa shape index (κ2) is 3.82. The van der Waals surface area contributed by atoms with E-state index in [0.717, 1.165) is 12.4 Å². The molecule has 1 atom stereocenters. The third kappa shape index (κ3) is 1.78.